The average molecular weight is 314 g/mol. The summed E-state index contributed by atoms with van der Waals surface area (Å²) in [5.74, 6) is 1.47. The van der Waals surface area contributed by atoms with Crippen molar-refractivity contribution in [2.45, 2.75) is 34.6 Å². The minimum atomic E-state index is -1.92. The van der Waals surface area contributed by atoms with Crippen LogP contribution in [0.4, 0.5) is 0 Å². The second-order valence-corrected chi connectivity index (χ2v) is 13.1. The van der Waals surface area contributed by atoms with E-state index in [1.807, 2.05) is 0 Å². The molecule has 0 saturated heterocycles. The van der Waals surface area contributed by atoms with Gasteiger partial charge in [0.05, 0.1) is 0 Å². The van der Waals surface area contributed by atoms with Crippen LogP contribution < -0.4 is 0 Å². The van der Waals surface area contributed by atoms with Crippen LogP contribution >= 0.6 is 30.0 Å². The Morgan fingerprint density at radius 2 is 0.857 bits per heavy atom. The zero-order chi connectivity index (χ0) is 11.5. The molecule has 1 aliphatic rings. The van der Waals surface area contributed by atoms with Crippen LogP contribution in [0.5, 0.6) is 0 Å². The second kappa shape index (κ2) is 6.47. The summed E-state index contributed by atoms with van der Waals surface area (Å²) >= 11 is -1.92. The van der Waals surface area contributed by atoms with E-state index in [9.17, 15) is 0 Å². The molecule has 0 nitrogen and oxygen atoms in total. The van der Waals surface area contributed by atoms with Crippen LogP contribution in [-0.2, 0) is 0 Å². The van der Waals surface area contributed by atoms with Crippen molar-refractivity contribution in [1.29, 1.82) is 0 Å². The molecule has 0 aromatic carbocycles. The maximum absolute atomic E-state index is 4.97. The van der Waals surface area contributed by atoms with Gasteiger partial charge in [-0.1, -0.05) is 18.1 Å². The van der Waals surface area contributed by atoms with Gasteiger partial charge >= 0.3 is 41.6 Å². The summed E-state index contributed by atoms with van der Waals surface area (Å²) in [5, 5.41) is 0. The van der Waals surface area contributed by atoms with Gasteiger partial charge in [0.15, 0.2) is 0 Å². The molecule has 2 radical (unpaired) electrons. The Bertz CT molecular complexity index is 240. The number of hydrogen-bond acceptors (Lipinski definition) is 0. The van der Waals surface area contributed by atoms with Crippen LogP contribution in [-0.4, -0.2) is 11.6 Å². The summed E-state index contributed by atoms with van der Waals surface area (Å²) in [6.45, 7) is 11.0. The molecule has 0 aliphatic heterocycles. The number of hydrogen-bond donors (Lipinski definition) is 0. The third kappa shape index (κ3) is 4.18. The average Bonchev–Trinajstić information content (AvgIpc) is 2.23. The van der Waals surface area contributed by atoms with Crippen LogP contribution in [0.3, 0.4) is 0 Å². The van der Waals surface area contributed by atoms with Crippen molar-refractivity contribution in [3.8, 4) is 0 Å². The minimum absolute atomic E-state index is 1.47. The van der Waals surface area contributed by atoms with Crippen molar-refractivity contribution in [1.82, 2.24) is 0 Å². The molecule has 1 rings (SSSR count). The van der Waals surface area contributed by atoms with Gasteiger partial charge in [0.1, 0.15) is 0 Å². The third-order valence-electron chi connectivity index (χ3n) is 2.81. The van der Waals surface area contributed by atoms with Gasteiger partial charge in [-0.25, -0.2) is 0 Å². The molecule has 0 amide bonds. The molecule has 14 heavy (non-hydrogen) atoms. The van der Waals surface area contributed by atoms with Gasteiger partial charge in [-0.15, -0.1) is 0 Å². The Balaban J connectivity index is 0.000000364. The Labute approximate surface area is 104 Å². The zero-order valence-corrected chi connectivity index (χ0v) is 13.5. The molecular weight excluding hydrogens is 299 g/mol. The van der Waals surface area contributed by atoms with Crippen molar-refractivity contribution in [2.75, 3.05) is 0 Å². The first-order chi connectivity index (χ1) is 6.29. The predicted octanol–water partition coefficient (Wildman–Crippen LogP) is 4.95. The summed E-state index contributed by atoms with van der Waals surface area (Å²) in [5.41, 5.74) is 5.87. The van der Waals surface area contributed by atoms with Crippen LogP contribution in [0.15, 0.2) is 22.3 Å². The Morgan fingerprint density at radius 3 is 0.929 bits per heavy atom. The molecule has 0 unspecified atom stereocenters. The summed E-state index contributed by atoms with van der Waals surface area (Å²) in [6.07, 6.45) is 0. The standard InChI is InChI=1S/C10H15.Cl3Ge/c1-6-7(2)9(4)10(5)8(6)3;1-4(2)3/h1-5H3;. The molecule has 0 N–H and O–H groups in total. The van der Waals surface area contributed by atoms with E-state index >= 15 is 0 Å². The fraction of sp³-hybridized carbons (Fsp3) is 0.500. The third-order valence-corrected chi connectivity index (χ3v) is 2.81. The molecule has 80 valence electrons. The Morgan fingerprint density at radius 1 is 0.643 bits per heavy atom. The van der Waals surface area contributed by atoms with E-state index in [0.717, 1.165) is 0 Å². The van der Waals surface area contributed by atoms with Crippen molar-refractivity contribution in [3.05, 3.63) is 28.2 Å². The van der Waals surface area contributed by atoms with Gasteiger partial charge in [0.25, 0.3) is 0 Å². The van der Waals surface area contributed by atoms with Crippen LogP contribution in [0, 0.1) is 5.92 Å². The van der Waals surface area contributed by atoms with E-state index in [1.54, 1.807) is 0 Å². The van der Waals surface area contributed by atoms with E-state index in [0.29, 0.717) is 0 Å². The molecular formula is C10H15Cl3Ge. The van der Waals surface area contributed by atoms with E-state index in [4.69, 9.17) is 30.0 Å². The van der Waals surface area contributed by atoms with E-state index in [1.165, 1.54) is 28.2 Å². The molecule has 0 heterocycles. The normalized spacial score (nSPS) is 17.8. The molecule has 0 aromatic rings. The van der Waals surface area contributed by atoms with Gasteiger partial charge in [0.2, 0.25) is 0 Å². The topological polar surface area (TPSA) is 0 Å². The fourth-order valence-electron chi connectivity index (χ4n) is 1.41. The summed E-state index contributed by atoms with van der Waals surface area (Å²) in [4.78, 5) is 0. The predicted molar refractivity (Wildman–Crippen MR) is 69.0 cm³/mol. The quantitative estimate of drug-likeness (QED) is 0.555. The van der Waals surface area contributed by atoms with Gasteiger partial charge in [0, 0.05) is 5.92 Å². The molecule has 0 aromatic heterocycles. The van der Waals surface area contributed by atoms with Gasteiger partial charge < -0.3 is 0 Å². The van der Waals surface area contributed by atoms with Gasteiger partial charge in [-0.3, -0.25) is 0 Å². The first-order valence-corrected chi connectivity index (χ1v) is 12.6. The molecule has 1 aliphatic carbocycles. The molecule has 0 bridgehead atoms. The first kappa shape index (κ1) is 14.9. The van der Waals surface area contributed by atoms with E-state index in [2.05, 4.69) is 34.6 Å². The zero-order valence-electron chi connectivity index (χ0n) is 9.13. The van der Waals surface area contributed by atoms with E-state index in [-0.39, 0.29) is 0 Å². The van der Waals surface area contributed by atoms with Crippen molar-refractivity contribution < 1.29 is 0 Å². The van der Waals surface area contributed by atoms with Crippen molar-refractivity contribution in [2.24, 2.45) is 0 Å². The summed E-state index contributed by atoms with van der Waals surface area (Å²) in [6, 6.07) is 0. The number of allylic oxidation sites excluding steroid dienone is 4. The van der Waals surface area contributed by atoms with Crippen molar-refractivity contribution in [3.63, 3.8) is 0 Å². The van der Waals surface area contributed by atoms with Crippen LogP contribution in [0.2, 0.25) is 0 Å². The van der Waals surface area contributed by atoms with Crippen LogP contribution in [0.1, 0.15) is 34.6 Å². The molecule has 0 fully saturated rings. The number of halogens is 3. The molecule has 0 atom stereocenters. The van der Waals surface area contributed by atoms with Gasteiger partial charge in [-0.2, -0.15) is 0 Å². The summed E-state index contributed by atoms with van der Waals surface area (Å²) < 4.78 is 0. The fourth-order valence-corrected chi connectivity index (χ4v) is 1.41. The monoisotopic (exact) mass is 314 g/mol. The van der Waals surface area contributed by atoms with E-state index < -0.39 is 11.6 Å². The molecule has 4 heteroatoms. The Hall–Kier alpha value is 0.893. The summed E-state index contributed by atoms with van der Waals surface area (Å²) in [7, 11) is 14.9. The number of rotatable bonds is 0. The second-order valence-electron chi connectivity index (χ2n) is 3.34. The molecule has 0 spiro atoms. The van der Waals surface area contributed by atoms with Gasteiger partial charge in [-0.05, 0) is 38.8 Å². The SMILES string of the molecule is C[C]1C(C)=C(C)C(C)=C1C.[Cl][Ge]([Cl])[Cl]. The van der Waals surface area contributed by atoms with Crippen molar-refractivity contribution >= 4 is 41.6 Å². The maximum atomic E-state index is 4.97. The molecule has 0 saturated carbocycles. The van der Waals surface area contributed by atoms with Crippen LogP contribution in [0.25, 0.3) is 0 Å². The first-order valence-electron chi connectivity index (χ1n) is 4.32. The Kier molecular flexibility index (Phi) is 6.88.